The van der Waals surface area contributed by atoms with E-state index in [-0.39, 0.29) is 6.04 Å². The second kappa shape index (κ2) is 3.24. The van der Waals surface area contributed by atoms with Crippen molar-refractivity contribution in [3.05, 3.63) is 47.9 Å². The van der Waals surface area contributed by atoms with Gasteiger partial charge in [0.2, 0.25) is 0 Å². The van der Waals surface area contributed by atoms with E-state index in [0.717, 1.165) is 18.4 Å². The van der Waals surface area contributed by atoms with E-state index in [1.807, 2.05) is 6.07 Å². The molecule has 76 valence electrons. The third-order valence-corrected chi connectivity index (χ3v) is 3.12. The van der Waals surface area contributed by atoms with Gasteiger partial charge >= 0.3 is 0 Å². The average Bonchev–Trinajstić information content (AvgIpc) is 2.88. The van der Waals surface area contributed by atoms with Crippen molar-refractivity contribution in [3.63, 3.8) is 0 Å². The largest absolute Gasteiger partial charge is 0.472 e. The van der Waals surface area contributed by atoms with E-state index in [1.165, 1.54) is 16.7 Å². The van der Waals surface area contributed by atoms with Crippen LogP contribution < -0.4 is 5.73 Å². The van der Waals surface area contributed by atoms with Crippen molar-refractivity contribution in [2.75, 3.05) is 0 Å². The Bertz CT molecular complexity index is 473. The SMILES string of the molecule is NC1CCc2cc(-c3ccoc3)ccc21. The van der Waals surface area contributed by atoms with Crippen molar-refractivity contribution in [3.8, 4) is 11.1 Å². The lowest BCUT2D eigenvalue weighted by atomic mass is 10.0. The van der Waals surface area contributed by atoms with Gasteiger partial charge in [-0.1, -0.05) is 18.2 Å². The third kappa shape index (κ3) is 1.38. The molecule has 1 aromatic carbocycles. The van der Waals surface area contributed by atoms with Crippen molar-refractivity contribution < 1.29 is 4.42 Å². The maximum atomic E-state index is 6.00. The van der Waals surface area contributed by atoms with Crippen LogP contribution in [0.2, 0.25) is 0 Å². The summed E-state index contributed by atoms with van der Waals surface area (Å²) in [6.07, 6.45) is 5.65. The Morgan fingerprint density at radius 3 is 2.93 bits per heavy atom. The number of hydrogen-bond acceptors (Lipinski definition) is 2. The lowest BCUT2D eigenvalue weighted by molar-refractivity contribution is 0.568. The number of benzene rings is 1. The summed E-state index contributed by atoms with van der Waals surface area (Å²) in [5, 5.41) is 0. The Morgan fingerprint density at radius 2 is 2.13 bits per heavy atom. The summed E-state index contributed by atoms with van der Waals surface area (Å²) in [5.41, 5.74) is 11.1. The third-order valence-electron chi connectivity index (χ3n) is 3.12. The quantitative estimate of drug-likeness (QED) is 0.767. The smallest absolute Gasteiger partial charge is 0.0980 e. The molecule has 0 aliphatic heterocycles. The molecule has 1 aromatic heterocycles. The van der Waals surface area contributed by atoms with Gasteiger partial charge in [0, 0.05) is 11.6 Å². The summed E-state index contributed by atoms with van der Waals surface area (Å²) in [4.78, 5) is 0. The van der Waals surface area contributed by atoms with E-state index in [4.69, 9.17) is 10.2 Å². The van der Waals surface area contributed by atoms with E-state index in [0.29, 0.717) is 0 Å². The Labute approximate surface area is 88.7 Å². The first kappa shape index (κ1) is 8.74. The van der Waals surface area contributed by atoms with Crippen LogP contribution >= 0.6 is 0 Å². The molecule has 0 radical (unpaired) electrons. The Morgan fingerprint density at radius 1 is 1.20 bits per heavy atom. The molecule has 0 saturated carbocycles. The van der Waals surface area contributed by atoms with E-state index >= 15 is 0 Å². The number of nitrogens with two attached hydrogens (primary N) is 1. The van der Waals surface area contributed by atoms with Crippen molar-refractivity contribution >= 4 is 0 Å². The summed E-state index contributed by atoms with van der Waals surface area (Å²) in [6, 6.07) is 8.71. The summed E-state index contributed by atoms with van der Waals surface area (Å²) in [5.74, 6) is 0. The molecular formula is C13H13NO. The van der Waals surface area contributed by atoms with Crippen LogP contribution in [0.15, 0.2) is 41.2 Å². The minimum atomic E-state index is 0.235. The van der Waals surface area contributed by atoms with Crippen LogP contribution in [0.4, 0.5) is 0 Å². The Balaban J connectivity index is 2.07. The van der Waals surface area contributed by atoms with Crippen LogP contribution in [0.1, 0.15) is 23.6 Å². The maximum Gasteiger partial charge on any atom is 0.0980 e. The van der Waals surface area contributed by atoms with E-state index in [9.17, 15) is 0 Å². The van der Waals surface area contributed by atoms with E-state index < -0.39 is 0 Å². The monoisotopic (exact) mass is 199 g/mol. The first-order chi connectivity index (χ1) is 7.34. The lowest BCUT2D eigenvalue weighted by Crippen LogP contribution is -2.04. The van der Waals surface area contributed by atoms with Gasteiger partial charge in [-0.25, -0.2) is 0 Å². The molecule has 2 heteroatoms. The minimum Gasteiger partial charge on any atom is -0.472 e. The molecule has 15 heavy (non-hydrogen) atoms. The number of furan rings is 1. The van der Waals surface area contributed by atoms with Crippen molar-refractivity contribution in [2.45, 2.75) is 18.9 Å². The van der Waals surface area contributed by atoms with E-state index in [1.54, 1.807) is 12.5 Å². The molecule has 0 amide bonds. The van der Waals surface area contributed by atoms with Gasteiger partial charge in [-0.05, 0) is 35.6 Å². The second-order valence-electron chi connectivity index (χ2n) is 4.07. The summed E-state index contributed by atoms with van der Waals surface area (Å²) >= 11 is 0. The average molecular weight is 199 g/mol. The fraction of sp³-hybridized carbons (Fsp3) is 0.231. The molecular weight excluding hydrogens is 186 g/mol. The molecule has 0 fully saturated rings. The molecule has 1 unspecified atom stereocenters. The summed E-state index contributed by atoms with van der Waals surface area (Å²) in [6.45, 7) is 0. The molecule has 2 nitrogen and oxygen atoms in total. The van der Waals surface area contributed by atoms with Gasteiger partial charge in [0.05, 0.1) is 12.5 Å². The first-order valence-electron chi connectivity index (χ1n) is 5.25. The van der Waals surface area contributed by atoms with Crippen LogP contribution in [0.3, 0.4) is 0 Å². The van der Waals surface area contributed by atoms with E-state index in [2.05, 4.69) is 18.2 Å². The molecule has 0 bridgehead atoms. The molecule has 1 atom stereocenters. The Hall–Kier alpha value is -1.54. The highest BCUT2D eigenvalue weighted by Crippen LogP contribution is 2.32. The molecule has 0 spiro atoms. The highest BCUT2D eigenvalue weighted by molar-refractivity contribution is 5.64. The number of hydrogen-bond donors (Lipinski definition) is 1. The molecule has 3 rings (SSSR count). The normalized spacial score (nSPS) is 19.1. The first-order valence-corrected chi connectivity index (χ1v) is 5.25. The fourth-order valence-electron chi connectivity index (χ4n) is 2.26. The second-order valence-corrected chi connectivity index (χ2v) is 4.07. The van der Waals surface area contributed by atoms with Crippen LogP contribution in [-0.4, -0.2) is 0 Å². The van der Waals surface area contributed by atoms with Gasteiger partial charge in [0.25, 0.3) is 0 Å². The van der Waals surface area contributed by atoms with Crippen LogP contribution in [0.5, 0.6) is 0 Å². The molecule has 1 aliphatic carbocycles. The highest BCUT2D eigenvalue weighted by Gasteiger charge is 2.18. The van der Waals surface area contributed by atoms with Crippen molar-refractivity contribution in [2.24, 2.45) is 5.73 Å². The van der Waals surface area contributed by atoms with Gasteiger partial charge < -0.3 is 10.2 Å². The molecule has 1 heterocycles. The number of aryl methyl sites for hydroxylation is 1. The van der Waals surface area contributed by atoms with Gasteiger partial charge in [0.1, 0.15) is 0 Å². The molecule has 1 aliphatic rings. The van der Waals surface area contributed by atoms with Crippen LogP contribution in [0.25, 0.3) is 11.1 Å². The zero-order valence-electron chi connectivity index (χ0n) is 8.44. The summed E-state index contributed by atoms with van der Waals surface area (Å²) < 4.78 is 5.08. The minimum absolute atomic E-state index is 0.235. The lowest BCUT2D eigenvalue weighted by Gasteiger charge is -2.05. The highest BCUT2D eigenvalue weighted by atomic mass is 16.3. The van der Waals surface area contributed by atoms with Gasteiger partial charge in [-0.2, -0.15) is 0 Å². The van der Waals surface area contributed by atoms with Crippen LogP contribution in [0, 0.1) is 0 Å². The Kier molecular flexibility index (Phi) is 1.89. The van der Waals surface area contributed by atoms with Gasteiger partial charge in [-0.3, -0.25) is 0 Å². The number of fused-ring (bicyclic) bond motifs is 1. The topological polar surface area (TPSA) is 39.2 Å². The number of rotatable bonds is 1. The maximum absolute atomic E-state index is 6.00. The standard InChI is InChI=1S/C13H13NO/c14-13-4-2-10-7-9(1-3-12(10)13)11-5-6-15-8-11/h1,3,5-8,13H,2,4,14H2. The van der Waals surface area contributed by atoms with Crippen molar-refractivity contribution in [1.29, 1.82) is 0 Å². The summed E-state index contributed by atoms with van der Waals surface area (Å²) in [7, 11) is 0. The molecule has 0 saturated heterocycles. The van der Waals surface area contributed by atoms with Crippen molar-refractivity contribution in [1.82, 2.24) is 0 Å². The molecule has 2 aromatic rings. The zero-order chi connectivity index (χ0) is 10.3. The van der Waals surface area contributed by atoms with Crippen LogP contribution in [-0.2, 0) is 6.42 Å². The zero-order valence-corrected chi connectivity index (χ0v) is 8.44. The molecule has 2 N–H and O–H groups in total. The fourth-order valence-corrected chi connectivity index (χ4v) is 2.26. The van der Waals surface area contributed by atoms with Gasteiger partial charge in [-0.15, -0.1) is 0 Å². The predicted molar refractivity (Wildman–Crippen MR) is 59.4 cm³/mol. The van der Waals surface area contributed by atoms with Gasteiger partial charge in [0.15, 0.2) is 0 Å². The predicted octanol–water partition coefficient (Wildman–Crippen LogP) is 2.89.